The van der Waals surface area contributed by atoms with Gasteiger partial charge in [0, 0.05) is 37.4 Å². The molecule has 3 atom stereocenters. The first-order valence-electron chi connectivity index (χ1n) is 9.41. The van der Waals surface area contributed by atoms with E-state index in [4.69, 9.17) is 4.42 Å². The van der Waals surface area contributed by atoms with Gasteiger partial charge in [-0.2, -0.15) is 0 Å². The van der Waals surface area contributed by atoms with Crippen LogP contribution in [0.1, 0.15) is 24.0 Å². The third kappa shape index (κ3) is 3.02. The molecule has 26 heavy (non-hydrogen) atoms. The molecule has 7 nitrogen and oxygen atoms in total. The molecule has 0 saturated carbocycles. The van der Waals surface area contributed by atoms with Crippen LogP contribution in [0.25, 0.3) is 11.0 Å². The summed E-state index contributed by atoms with van der Waals surface area (Å²) in [6, 6.07) is 10.5. The SMILES string of the molecule is c1ccc2oc(C3NNCC3CNCC3CCc4nncn4C3)cc2c1. The van der Waals surface area contributed by atoms with Gasteiger partial charge in [0.05, 0.1) is 6.04 Å². The van der Waals surface area contributed by atoms with Gasteiger partial charge in [0.1, 0.15) is 23.5 Å². The van der Waals surface area contributed by atoms with E-state index in [-0.39, 0.29) is 6.04 Å². The highest BCUT2D eigenvalue weighted by atomic mass is 16.3. The average Bonchev–Trinajstić information content (AvgIpc) is 3.39. The minimum Gasteiger partial charge on any atom is -0.459 e. The summed E-state index contributed by atoms with van der Waals surface area (Å²) in [5.41, 5.74) is 7.62. The average molecular weight is 352 g/mol. The summed E-state index contributed by atoms with van der Waals surface area (Å²) in [4.78, 5) is 0. The monoisotopic (exact) mass is 352 g/mol. The Morgan fingerprint density at radius 3 is 3.19 bits per heavy atom. The van der Waals surface area contributed by atoms with E-state index in [0.29, 0.717) is 11.8 Å². The van der Waals surface area contributed by atoms with Crippen molar-refractivity contribution in [2.24, 2.45) is 11.8 Å². The lowest BCUT2D eigenvalue weighted by atomic mass is 9.97. The van der Waals surface area contributed by atoms with E-state index in [1.54, 1.807) is 0 Å². The van der Waals surface area contributed by atoms with Crippen molar-refractivity contribution in [3.8, 4) is 0 Å². The van der Waals surface area contributed by atoms with Gasteiger partial charge in [0.2, 0.25) is 0 Å². The highest BCUT2D eigenvalue weighted by Crippen LogP contribution is 2.29. The fraction of sp³-hybridized carbons (Fsp3) is 0.474. The van der Waals surface area contributed by atoms with Gasteiger partial charge in [-0.1, -0.05) is 18.2 Å². The zero-order valence-corrected chi connectivity index (χ0v) is 14.7. The van der Waals surface area contributed by atoms with Gasteiger partial charge in [0.25, 0.3) is 0 Å². The zero-order valence-electron chi connectivity index (χ0n) is 14.7. The molecule has 0 spiro atoms. The van der Waals surface area contributed by atoms with Gasteiger partial charge in [-0.15, -0.1) is 10.2 Å². The lowest BCUT2D eigenvalue weighted by Gasteiger charge is -2.24. The minimum absolute atomic E-state index is 0.200. The normalized spacial score (nSPS) is 25.6. The molecule has 5 rings (SSSR count). The number of para-hydroxylation sites is 1. The van der Waals surface area contributed by atoms with Gasteiger partial charge >= 0.3 is 0 Å². The third-order valence-electron chi connectivity index (χ3n) is 5.61. The van der Waals surface area contributed by atoms with Crippen LogP contribution >= 0.6 is 0 Å². The van der Waals surface area contributed by atoms with Crippen LogP contribution < -0.4 is 16.2 Å². The topological polar surface area (TPSA) is 79.9 Å². The van der Waals surface area contributed by atoms with E-state index in [1.807, 2.05) is 24.5 Å². The molecule has 2 aromatic heterocycles. The number of nitrogens with zero attached hydrogens (tertiary/aromatic N) is 3. The van der Waals surface area contributed by atoms with Gasteiger partial charge in [-0.3, -0.25) is 5.43 Å². The molecule has 0 radical (unpaired) electrons. The minimum atomic E-state index is 0.200. The number of fused-ring (bicyclic) bond motifs is 2. The van der Waals surface area contributed by atoms with Crippen molar-refractivity contribution in [3.63, 3.8) is 0 Å². The van der Waals surface area contributed by atoms with Crippen LogP contribution in [0, 0.1) is 11.8 Å². The van der Waals surface area contributed by atoms with E-state index in [9.17, 15) is 0 Å². The largest absolute Gasteiger partial charge is 0.459 e. The zero-order chi connectivity index (χ0) is 17.3. The summed E-state index contributed by atoms with van der Waals surface area (Å²) in [6.07, 6.45) is 4.06. The van der Waals surface area contributed by atoms with Crippen molar-refractivity contribution >= 4 is 11.0 Å². The molecule has 136 valence electrons. The summed E-state index contributed by atoms with van der Waals surface area (Å²) in [7, 11) is 0. The second-order valence-electron chi connectivity index (χ2n) is 7.41. The summed E-state index contributed by atoms with van der Waals surface area (Å²) in [6.45, 7) is 3.95. The smallest absolute Gasteiger partial charge is 0.134 e. The molecule has 0 amide bonds. The number of aromatic nitrogens is 3. The van der Waals surface area contributed by atoms with Crippen LogP contribution in [0.3, 0.4) is 0 Å². The standard InChI is InChI=1S/C19H24N6O/c1-2-4-16-14(3-1)7-17(26-16)19-15(10-21-24-19)9-20-8-13-5-6-18-23-22-12-25(18)11-13/h1-4,7,12-13,15,19-21,24H,5-6,8-11H2. The van der Waals surface area contributed by atoms with Crippen molar-refractivity contribution < 1.29 is 4.42 Å². The molecule has 7 heteroatoms. The Kier molecular flexibility index (Phi) is 4.20. The Balaban J connectivity index is 1.19. The summed E-state index contributed by atoms with van der Waals surface area (Å²) >= 11 is 0. The first kappa shape index (κ1) is 16.0. The highest BCUT2D eigenvalue weighted by Gasteiger charge is 2.31. The Hall–Kier alpha value is -2.22. The van der Waals surface area contributed by atoms with Crippen LogP contribution in [0.2, 0.25) is 0 Å². The summed E-state index contributed by atoms with van der Waals surface area (Å²) < 4.78 is 8.25. The van der Waals surface area contributed by atoms with Crippen LogP contribution in [-0.2, 0) is 13.0 Å². The van der Waals surface area contributed by atoms with Crippen molar-refractivity contribution in [2.75, 3.05) is 19.6 Å². The van der Waals surface area contributed by atoms with Crippen molar-refractivity contribution in [1.29, 1.82) is 0 Å². The number of furan rings is 1. The number of nitrogens with one attached hydrogen (secondary N) is 3. The number of hydrazine groups is 1. The van der Waals surface area contributed by atoms with Crippen LogP contribution in [0.15, 0.2) is 41.1 Å². The molecular formula is C19H24N6O. The van der Waals surface area contributed by atoms with Gasteiger partial charge in [0.15, 0.2) is 0 Å². The molecule has 3 N–H and O–H groups in total. The van der Waals surface area contributed by atoms with Crippen molar-refractivity contribution in [2.45, 2.75) is 25.4 Å². The van der Waals surface area contributed by atoms with Crippen LogP contribution in [-0.4, -0.2) is 34.4 Å². The molecule has 0 bridgehead atoms. The molecule has 1 fully saturated rings. The molecule has 1 saturated heterocycles. The maximum atomic E-state index is 6.06. The molecule has 0 aliphatic carbocycles. The second-order valence-corrected chi connectivity index (χ2v) is 7.41. The highest BCUT2D eigenvalue weighted by molar-refractivity contribution is 5.77. The lowest BCUT2D eigenvalue weighted by molar-refractivity contribution is 0.325. The molecule has 2 aliphatic rings. The quantitative estimate of drug-likeness (QED) is 0.648. The van der Waals surface area contributed by atoms with Gasteiger partial charge < -0.3 is 14.3 Å². The van der Waals surface area contributed by atoms with E-state index in [2.05, 4.69) is 43.1 Å². The lowest BCUT2D eigenvalue weighted by Crippen LogP contribution is -2.34. The Bertz CT molecular complexity index is 854. The number of hydrogen-bond acceptors (Lipinski definition) is 6. The van der Waals surface area contributed by atoms with Crippen LogP contribution in [0.5, 0.6) is 0 Å². The van der Waals surface area contributed by atoms with Crippen molar-refractivity contribution in [3.05, 3.63) is 48.2 Å². The van der Waals surface area contributed by atoms with Gasteiger partial charge in [-0.05, 0) is 31.0 Å². The maximum absolute atomic E-state index is 6.06. The number of rotatable bonds is 5. The predicted molar refractivity (Wildman–Crippen MR) is 98.3 cm³/mol. The third-order valence-corrected chi connectivity index (χ3v) is 5.61. The fourth-order valence-corrected chi connectivity index (χ4v) is 4.15. The van der Waals surface area contributed by atoms with Gasteiger partial charge in [-0.25, -0.2) is 5.43 Å². The second kappa shape index (κ2) is 6.83. The Morgan fingerprint density at radius 2 is 2.23 bits per heavy atom. The molecule has 3 unspecified atom stereocenters. The molecule has 2 aliphatic heterocycles. The van der Waals surface area contributed by atoms with Crippen molar-refractivity contribution in [1.82, 2.24) is 30.9 Å². The number of benzene rings is 1. The summed E-state index contributed by atoms with van der Waals surface area (Å²) in [5.74, 6) is 3.24. The number of aryl methyl sites for hydroxylation is 1. The Morgan fingerprint density at radius 1 is 1.27 bits per heavy atom. The van der Waals surface area contributed by atoms with E-state index >= 15 is 0 Å². The first-order chi connectivity index (χ1) is 12.9. The van der Waals surface area contributed by atoms with Crippen LogP contribution in [0.4, 0.5) is 0 Å². The fourth-order valence-electron chi connectivity index (χ4n) is 4.15. The molecular weight excluding hydrogens is 328 g/mol. The Labute approximate surface area is 152 Å². The first-order valence-corrected chi connectivity index (χ1v) is 9.41. The van der Waals surface area contributed by atoms with E-state index in [1.165, 1.54) is 6.42 Å². The van der Waals surface area contributed by atoms with E-state index in [0.717, 1.165) is 55.2 Å². The molecule has 4 heterocycles. The predicted octanol–water partition coefficient (Wildman–Crippen LogP) is 1.64. The number of hydrogen-bond donors (Lipinski definition) is 3. The molecule has 1 aromatic carbocycles. The summed E-state index contributed by atoms with van der Waals surface area (Å²) in [5, 5.41) is 13.0. The maximum Gasteiger partial charge on any atom is 0.134 e. The molecule has 3 aromatic rings. The van der Waals surface area contributed by atoms with E-state index < -0.39 is 0 Å².